The maximum Gasteiger partial charge on any atom is 0.175 e. The molecule has 1 aliphatic carbocycles. The summed E-state index contributed by atoms with van der Waals surface area (Å²) < 4.78 is 0. The number of nitrogens with zero attached hydrogens (tertiary/aromatic N) is 1. The van der Waals surface area contributed by atoms with Crippen LogP contribution in [0.15, 0.2) is 11.1 Å². The summed E-state index contributed by atoms with van der Waals surface area (Å²) >= 11 is 0. The van der Waals surface area contributed by atoms with Crippen LogP contribution in [-0.2, 0) is 4.79 Å². The fourth-order valence-corrected chi connectivity index (χ4v) is 1.27. The molecular formula is C9H11NO. The highest BCUT2D eigenvalue weighted by Crippen LogP contribution is 2.25. The smallest absolute Gasteiger partial charge is 0.175 e. The molecule has 0 saturated carbocycles. The van der Waals surface area contributed by atoms with Gasteiger partial charge in [-0.2, -0.15) is 5.26 Å². The lowest BCUT2D eigenvalue weighted by atomic mass is 9.85. The van der Waals surface area contributed by atoms with Gasteiger partial charge in [-0.15, -0.1) is 0 Å². The average molecular weight is 149 g/mol. The normalized spacial score (nSPS) is 25.2. The third-order valence-corrected chi connectivity index (χ3v) is 2.29. The van der Waals surface area contributed by atoms with Crippen molar-refractivity contribution in [2.24, 2.45) is 5.92 Å². The van der Waals surface area contributed by atoms with Crippen molar-refractivity contribution in [3.8, 4) is 6.07 Å². The van der Waals surface area contributed by atoms with E-state index in [9.17, 15) is 4.79 Å². The van der Waals surface area contributed by atoms with Gasteiger partial charge in [0.05, 0.1) is 6.07 Å². The van der Waals surface area contributed by atoms with E-state index >= 15 is 0 Å². The molecule has 0 heterocycles. The monoisotopic (exact) mass is 149 g/mol. The second kappa shape index (κ2) is 2.87. The number of carbonyl (C=O) groups is 1. The van der Waals surface area contributed by atoms with Crippen LogP contribution in [-0.4, -0.2) is 5.78 Å². The van der Waals surface area contributed by atoms with Gasteiger partial charge in [0, 0.05) is 0 Å². The van der Waals surface area contributed by atoms with Crippen LogP contribution < -0.4 is 0 Å². The van der Waals surface area contributed by atoms with Gasteiger partial charge < -0.3 is 0 Å². The van der Waals surface area contributed by atoms with Gasteiger partial charge in [0.15, 0.2) is 5.78 Å². The van der Waals surface area contributed by atoms with Gasteiger partial charge in [-0.1, -0.05) is 5.57 Å². The summed E-state index contributed by atoms with van der Waals surface area (Å²) in [5.41, 5.74) is 1.93. The molecule has 0 amide bonds. The first-order chi connectivity index (χ1) is 5.16. The van der Waals surface area contributed by atoms with Gasteiger partial charge in [-0.05, 0) is 32.3 Å². The summed E-state index contributed by atoms with van der Waals surface area (Å²) in [5.74, 6) is -0.352. The number of nitriles is 1. The topological polar surface area (TPSA) is 40.9 Å². The molecule has 1 aliphatic rings. The van der Waals surface area contributed by atoms with Crippen molar-refractivity contribution < 1.29 is 4.79 Å². The molecule has 0 bridgehead atoms. The standard InChI is InChI=1S/C9H11NO/c1-6-3-4-8(5-10)9(11)7(6)2/h8H,3-4H2,1-2H3. The van der Waals surface area contributed by atoms with Gasteiger partial charge >= 0.3 is 0 Å². The Hall–Kier alpha value is -1.10. The van der Waals surface area contributed by atoms with Crippen molar-refractivity contribution in [2.75, 3.05) is 0 Å². The first kappa shape index (κ1) is 8.00. The molecule has 0 aromatic rings. The molecule has 1 atom stereocenters. The quantitative estimate of drug-likeness (QED) is 0.527. The van der Waals surface area contributed by atoms with E-state index in [4.69, 9.17) is 5.26 Å². The number of carbonyl (C=O) groups excluding carboxylic acids is 1. The summed E-state index contributed by atoms with van der Waals surface area (Å²) in [5, 5.41) is 8.57. The van der Waals surface area contributed by atoms with E-state index in [2.05, 4.69) is 0 Å². The number of hydrogen-bond acceptors (Lipinski definition) is 2. The van der Waals surface area contributed by atoms with Gasteiger partial charge in [-0.3, -0.25) is 4.79 Å². The van der Waals surface area contributed by atoms with E-state index in [1.54, 1.807) is 6.92 Å². The Kier molecular flexibility index (Phi) is 2.09. The molecule has 1 rings (SSSR count). The Bertz CT molecular complexity index is 257. The molecule has 0 aromatic heterocycles. The van der Waals surface area contributed by atoms with Crippen molar-refractivity contribution in [3.05, 3.63) is 11.1 Å². The van der Waals surface area contributed by atoms with Crippen LogP contribution in [0.5, 0.6) is 0 Å². The van der Waals surface area contributed by atoms with Crippen molar-refractivity contribution in [1.82, 2.24) is 0 Å². The Balaban J connectivity index is 2.92. The van der Waals surface area contributed by atoms with Crippen molar-refractivity contribution in [2.45, 2.75) is 26.7 Å². The lowest BCUT2D eigenvalue weighted by molar-refractivity contribution is -0.118. The molecule has 0 aliphatic heterocycles. The van der Waals surface area contributed by atoms with E-state index in [1.807, 2.05) is 13.0 Å². The molecule has 0 radical (unpaired) electrons. The molecule has 0 saturated heterocycles. The highest BCUT2D eigenvalue weighted by molar-refractivity contribution is 5.99. The zero-order valence-electron chi connectivity index (χ0n) is 6.85. The van der Waals surface area contributed by atoms with Gasteiger partial charge in [0.2, 0.25) is 0 Å². The Morgan fingerprint density at radius 3 is 2.73 bits per heavy atom. The van der Waals surface area contributed by atoms with Crippen LogP contribution in [0, 0.1) is 17.2 Å². The number of hydrogen-bond donors (Lipinski definition) is 0. The Morgan fingerprint density at radius 2 is 2.18 bits per heavy atom. The van der Waals surface area contributed by atoms with E-state index in [0.717, 1.165) is 17.6 Å². The zero-order chi connectivity index (χ0) is 8.43. The van der Waals surface area contributed by atoms with Crippen LogP contribution in [0.1, 0.15) is 26.7 Å². The summed E-state index contributed by atoms with van der Waals surface area (Å²) in [4.78, 5) is 11.3. The highest BCUT2D eigenvalue weighted by Gasteiger charge is 2.24. The van der Waals surface area contributed by atoms with Crippen LogP contribution in [0.3, 0.4) is 0 Å². The van der Waals surface area contributed by atoms with E-state index in [1.165, 1.54) is 0 Å². The largest absolute Gasteiger partial charge is 0.293 e. The molecule has 1 unspecified atom stereocenters. The summed E-state index contributed by atoms with van der Waals surface area (Å²) in [6.07, 6.45) is 1.61. The van der Waals surface area contributed by atoms with Crippen LogP contribution in [0.4, 0.5) is 0 Å². The summed E-state index contributed by atoms with van der Waals surface area (Å²) in [7, 11) is 0. The van der Waals surface area contributed by atoms with Crippen molar-refractivity contribution in [3.63, 3.8) is 0 Å². The minimum absolute atomic E-state index is 0.0243. The molecule has 0 spiro atoms. The molecule has 58 valence electrons. The SMILES string of the molecule is CC1=C(C)C(=O)C(C#N)CC1. The first-order valence-corrected chi connectivity index (χ1v) is 3.77. The Morgan fingerprint density at radius 1 is 1.55 bits per heavy atom. The molecule has 0 aromatic carbocycles. The van der Waals surface area contributed by atoms with E-state index < -0.39 is 0 Å². The van der Waals surface area contributed by atoms with Gasteiger partial charge in [0.25, 0.3) is 0 Å². The highest BCUT2D eigenvalue weighted by atomic mass is 16.1. The number of rotatable bonds is 0. The molecule has 2 heteroatoms. The second-order valence-electron chi connectivity index (χ2n) is 2.99. The third kappa shape index (κ3) is 1.32. The number of allylic oxidation sites excluding steroid dienone is 2. The van der Waals surface area contributed by atoms with E-state index in [0.29, 0.717) is 6.42 Å². The summed E-state index contributed by atoms with van der Waals surface area (Å²) in [6, 6.07) is 2.02. The van der Waals surface area contributed by atoms with Gasteiger partial charge in [0.1, 0.15) is 5.92 Å². The van der Waals surface area contributed by atoms with Crippen LogP contribution in [0.2, 0.25) is 0 Å². The van der Waals surface area contributed by atoms with Crippen LogP contribution >= 0.6 is 0 Å². The lowest BCUT2D eigenvalue weighted by Gasteiger charge is -2.16. The summed E-state index contributed by atoms with van der Waals surface area (Å²) in [6.45, 7) is 3.77. The first-order valence-electron chi connectivity index (χ1n) is 3.77. The van der Waals surface area contributed by atoms with Gasteiger partial charge in [-0.25, -0.2) is 0 Å². The third-order valence-electron chi connectivity index (χ3n) is 2.29. The Labute approximate surface area is 66.5 Å². The fourth-order valence-electron chi connectivity index (χ4n) is 1.27. The van der Waals surface area contributed by atoms with Crippen LogP contribution in [0.25, 0.3) is 0 Å². The molecular weight excluding hydrogens is 138 g/mol. The minimum atomic E-state index is -0.376. The van der Waals surface area contributed by atoms with Crippen molar-refractivity contribution >= 4 is 5.78 Å². The predicted octanol–water partition coefficient (Wildman–Crippen LogP) is 1.83. The number of Topliss-reactive ketones (excluding diaryl/α,β-unsaturated/α-hetero) is 1. The van der Waals surface area contributed by atoms with E-state index in [-0.39, 0.29) is 11.7 Å². The second-order valence-corrected chi connectivity index (χ2v) is 2.99. The maximum absolute atomic E-state index is 11.3. The fraction of sp³-hybridized carbons (Fsp3) is 0.556. The maximum atomic E-state index is 11.3. The molecule has 0 N–H and O–H groups in total. The number of ketones is 1. The lowest BCUT2D eigenvalue weighted by Crippen LogP contribution is -2.19. The average Bonchev–Trinajstić information content (AvgIpc) is 2.01. The van der Waals surface area contributed by atoms with Crippen molar-refractivity contribution in [1.29, 1.82) is 5.26 Å². The molecule has 11 heavy (non-hydrogen) atoms. The molecule has 2 nitrogen and oxygen atoms in total. The molecule has 0 fully saturated rings. The minimum Gasteiger partial charge on any atom is -0.293 e. The zero-order valence-corrected chi connectivity index (χ0v) is 6.85. The predicted molar refractivity (Wildman–Crippen MR) is 41.7 cm³/mol.